The molecule has 0 unspecified atom stereocenters. The molecule has 0 aromatic heterocycles. The molecule has 0 saturated heterocycles. The number of rotatable bonds is 4. The Hall–Kier alpha value is -0.460. The van der Waals surface area contributed by atoms with E-state index in [1.54, 1.807) is 6.26 Å². The van der Waals surface area contributed by atoms with Crippen LogP contribution in [-0.2, 0) is 4.74 Å². The van der Waals surface area contributed by atoms with Gasteiger partial charge in [0.25, 0.3) is 0 Å². The Bertz CT molecular complexity index is 57.4. The molecule has 0 aromatic rings. The second-order valence-corrected chi connectivity index (χ2v) is 1.65. The van der Waals surface area contributed by atoms with E-state index < -0.39 is 0 Å². The molecule has 0 amide bonds. The highest BCUT2D eigenvalue weighted by atomic mass is 16.5. The van der Waals surface area contributed by atoms with Crippen LogP contribution < -0.4 is 0 Å². The quantitative estimate of drug-likeness (QED) is 0.402. The normalized spacial score (nSPS) is 10.2. The van der Waals surface area contributed by atoms with Crippen LogP contribution in [0.4, 0.5) is 0 Å². The summed E-state index contributed by atoms with van der Waals surface area (Å²) in [6.07, 6.45) is 5.93. The minimum Gasteiger partial charge on any atom is -0.502 e. The molecule has 0 atom stereocenters. The molecule has 0 saturated carbocycles. The average Bonchev–Trinajstić information content (AvgIpc) is 1.81. The van der Waals surface area contributed by atoms with Crippen molar-refractivity contribution in [3.05, 3.63) is 12.3 Å². The highest BCUT2D eigenvalue weighted by molar-refractivity contribution is 4.69. The van der Waals surface area contributed by atoms with Crippen LogP contribution in [0, 0.1) is 0 Å². The molecule has 0 heterocycles. The third-order valence-electron chi connectivity index (χ3n) is 0.750. The maximum absolute atomic E-state index is 5.04. The van der Waals surface area contributed by atoms with Crippen LogP contribution in [0.1, 0.15) is 26.7 Å². The van der Waals surface area contributed by atoms with Gasteiger partial charge in [-0.05, 0) is 12.8 Å². The first-order chi connectivity index (χ1) is 3.91. The van der Waals surface area contributed by atoms with E-state index in [1.807, 2.05) is 6.08 Å². The zero-order chi connectivity index (χ0) is 6.24. The number of hydrogen-bond acceptors (Lipinski definition) is 1. The Morgan fingerprint density at radius 2 is 2.12 bits per heavy atom. The molecule has 0 N–H and O–H groups in total. The van der Waals surface area contributed by atoms with Crippen LogP contribution >= 0.6 is 0 Å². The van der Waals surface area contributed by atoms with Gasteiger partial charge in [-0.3, -0.25) is 0 Å². The molecule has 0 radical (unpaired) electrons. The van der Waals surface area contributed by atoms with Gasteiger partial charge in [0, 0.05) is 0 Å². The molecule has 0 aliphatic rings. The van der Waals surface area contributed by atoms with Gasteiger partial charge in [0.1, 0.15) is 0 Å². The fraction of sp³-hybridized carbons (Fsp3) is 0.714. The minimum atomic E-state index is 0.844. The molecule has 0 aliphatic heterocycles. The van der Waals surface area contributed by atoms with Crippen LogP contribution in [0.25, 0.3) is 0 Å². The van der Waals surface area contributed by atoms with Crippen LogP contribution in [0.5, 0.6) is 0 Å². The lowest BCUT2D eigenvalue weighted by molar-refractivity contribution is 0.249. The van der Waals surface area contributed by atoms with Gasteiger partial charge in [0.15, 0.2) is 0 Å². The predicted molar refractivity (Wildman–Crippen MR) is 35.7 cm³/mol. The summed E-state index contributed by atoms with van der Waals surface area (Å²) in [5.41, 5.74) is 0. The van der Waals surface area contributed by atoms with E-state index in [9.17, 15) is 0 Å². The lowest BCUT2D eigenvalue weighted by atomic mass is 10.5. The molecule has 0 rings (SSSR count). The van der Waals surface area contributed by atoms with Crippen molar-refractivity contribution < 1.29 is 4.74 Å². The van der Waals surface area contributed by atoms with Crippen molar-refractivity contribution in [1.29, 1.82) is 0 Å². The second-order valence-electron chi connectivity index (χ2n) is 1.65. The van der Waals surface area contributed by atoms with Crippen molar-refractivity contribution in [3.8, 4) is 0 Å². The first-order valence-corrected chi connectivity index (χ1v) is 3.18. The van der Waals surface area contributed by atoms with Gasteiger partial charge >= 0.3 is 0 Å². The molecule has 0 aromatic carbocycles. The van der Waals surface area contributed by atoms with Crippen molar-refractivity contribution in [1.82, 2.24) is 0 Å². The summed E-state index contributed by atoms with van der Waals surface area (Å²) < 4.78 is 5.04. The van der Waals surface area contributed by atoms with E-state index >= 15 is 0 Å². The number of allylic oxidation sites excluding steroid dienone is 1. The van der Waals surface area contributed by atoms with Crippen LogP contribution in [-0.4, -0.2) is 6.61 Å². The Labute approximate surface area is 51.4 Å². The maximum Gasteiger partial charge on any atom is 0.0870 e. The summed E-state index contributed by atoms with van der Waals surface area (Å²) in [4.78, 5) is 0. The molecule has 1 heteroatoms. The average molecular weight is 114 g/mol. The van der Waals surface area contributed by atoms with Crippen molar-refractivity contribution in [2.75, 3.05) is 6.61 Å². The molecule has 0 spiro atoms. The van der Waals surface area contributed by atoms with E-state index in [0.717, 1.165) is 19.4 Å². The van der Waals surface area contributed by atoms with Crippen molar-refractivity contribution >= 4 is 0 Å². The smallest absolute Gasteiger partial charge is 0.0870 e. The molecule has 0 fully saturated rings. The lowest BCUT2D eigenvalue weighted by Crippen LogP contribution is -1.81. The second kappa shape index (κ2) is 6.54. The van der Waals surface area contributed by atoms with E-state index in [2.05, 4.69) is 13.8 Å². The third kappa shape index (κ3) is 5.54. The summed E-state index contributed by atoms with van der Waals surface area (Å²) in [5, 5.41) is 0. The van der Waals surface area contributed by atoms with E-state index in [1.165, 1.54) is 0 Å². The van der Waals surface area contributed by atoms with Gasteiger partial charge in [0.2, 0.25) is 0 Å². The Kier molecular flexibility index (Phi) is 6.16. The molecular weight excluding hydrogens is 100 g/mol. The predicted octanol–water partition coefficient (Wildman–Crippen LogP) is 2.34. The van der Waals surface area contributed by atoms with Gasteiger partial charge < -0.3 is 4.74 Å². The molecule has 0 aliphatic carbocycles. The standard InChI is InChI=1S/C7H14O/c1-3-5-7-8-6-4-2/h5,7H,3-4,6H2,1-2H3/b7-5-. The van der Waals surface area contributed by atoms with Gasteiger partial charge in [-0.25, -0.2) is 0 Å². The van der Waals surface area contributed by atoms with E-state index in [0.29, 0.717) is 0 Å². The van der Waals surface area contributed by atoms with Gasteiger partial charge in [0.05, 0.1) is 12.9 Å². The monoisotopic (exact) mass is 114 g/mol. The first kappa shape index (κ1) is 7.54. The summed E-state index contributed by atoms with van der Waals surface area (Å²) >= 11 is 0. The SMILES string of the molecule is CC/C=C\OCCC. The summed E-state index contributed by atoms with van der Waals surface area (Å²) in [6.45, 7) is 5.03. The van der Waals surface area contributed by atoms with Crippen LogP contribution in [0.3, 0.4) is 0 Å². The van der Waals surface area contributed by atoms with Crippen molar-refractivity contribution in [2.24, 2.45) is 0 Å². The van der Waals surface area contributed by atoms with E-state index in [4.69, 9.17) is 4.74 Å². The Morgan fingerprint density at radius 1 is 1.38 bits per heavy atom. The Morgan fingerprint density at radius 3 is 2.62 bits per heavy atom. The van der Waals surface area contributed by atoms with Gasteiger partial charge in [-0.2, -0.15) is 0 Å². The number of ether oxygens (including phenoxy) is 1. The highest BCUT2D eigenvalue weighted by Gasteiger charge is 1.72. The molecule has 48 valence electrons. The fourth-order valence-corrected chi connectivity index (χ4v) is 0.350. The lowest BCUT2D eigenvalue weighted by Gasteiger charge is -1.92. The van der Waals surface area contributed by atoms with Crippen LogP contribution in [0.2, 0.25) is 0 Å². The zero-order valence-corrected chi connectivity index (χ0v) is 5.68. The third-order valence-corrected chi connectivity index (χ3v) is 0.750. The van der Waals surface area contributed by atoms with Crippen molar-refractivity contribution in [3.63, 3.8) is 0 Å². The van der Waals surface area contributed by atoms with Crippen molar-refractivity contribution in [2.45, 2.75) is 26.7 Å². The van der Waals surface area contributed by atoms with Gasteiger partial charge in [-0.15, -0.1) is 0 Å². The molecule has 1 nitrogen and oxygen atoms in total. The van der Waals surface area contributed by atoms with Gasteiger partial charge in [-0.1, -0.05) is 19.9 Å². The van der Waals surface area contributed by atoms with E-state index in [-0.39, 0.29) is 0 Å². The first-order valence-electron chi connectivity index (χ1n) is 3.18. The minimum absolute atomic E-state index is 0.844. The topological polar surface area (TPSA) is 9.23 Å². The summed E-state index contributed by atoms with van der Waals surface area (Å²) in [5.74, 6) is 0. The summed E-state index contributed by atoms with van der Waals surface area (Å²) in [7, 11) is 0. The largest absolute Gasteiger partial charge is 0.502 e. The molecule has 8 heavy (non-hydrogen) atoms. The number of hydrogen-bond donors (Lipinski definition) is 0. The summed E-state index contributed by atoms with van der Waals surface area (Å²) in [6, 6.07) is 0. The van der Waals surface area contributed by atoms with Crippen LogP contribution in [0.15, 0.2) is 12.3 Å². The zero-order valence-electron chi connectivity index (χ0n) is 5.68. The molecular formula is C7H14O. The fourth-order valence-electron chi connectivity index (χ4n) is 0.350. The molecule has 0 bridgehead atoms. The Balaban J connectivity index is 2.80. The highest BCUT2D eigenvalue weighted by Crippen LogP contribution is 1.83. The maximum atomic E-state index is 5.04.